The average molecular weight is 445 g/mol. The molecule has 4 heteroatoms. The van der Waals surface area contributed by atoms with E-state index < -0.39 is 10.1 Å². The normalized spacial score (nSPS) is 12.9. The monoisotopic (exact) mass is 444 g/mol. The third kappa shape index (κ3) is 13.9. The number of allylic oxidation sites excluding steroid dienone is 8. The fourth-order valence-electron chi connectivity index (χ4n) is 3.29. The number of benzene rings is 1. The average Bonchev–Trinajstić information content (AvgIpc) is 2.72. The van der Waals surface area contributed by atoms with E-state index in [0.717, 1.165) is 44.1 Å². The third-order valence-electron chi connectivity index (χ3n) is 5.02. The highest BCUT2D eigenvalue weighted by Gasteiger charge is 2.14. The van der Waals surface area contributed by atoms with Crippen molar-refractivity contribution in [2.75, 3.05) is 0 Å². The van der Waals surface area contributed by atoms with E-state index in [2.05, 4.69) is 55.5 Å². The molecule has 0 atom stereocenters. The molecule has 0 aliphatic rings. The largest absolute Gasteiger partial charge is 0.294 e. The van der Waals surface area contributed by atoms with Gasteiger partial charge in [0.25, 0.3) is 10.1 Å². The standard InChI is InChI=1S/C27H40O3S/c1-3-4-5-6-7-8-9-10-11-12-13-14-15-16-17-18-19-20-21-26-24-25(2)22-23-27(26)31(28,29)30/h7-8,10-11,13-14,16-17,22-24H,3-6,9,12,15,18-21H2,1-2H3,(H,28,29,30)/b8-7-,11-10-,14-13-,17-16-. The predicted octanol–water partition coefficient (Wildman–Crippen LogP) is 7.93. The highest BCUT2D eigenvalue weighted by Crippen LogP contribution is 2.19. The maximum absolute atomic E-state index is 11.5. The number of hydrogen-bond donors (Lipinski definition) is 1. The Kier molecular flexibility index (Phi) is 14.6. The van der Waals surface area contributed by atoms with Crippen LogP contribution in [-0.2, 0) is 16.5 Å². The maximum atomic E-state index is 11.5. The molecule has 0 aliphatic carbocycles. The maximum Gasteiger partial charge on any atom is 0.294 e. The summed E-state index contributed by atoms with van der Waals surface area (Å²) in [5, 5.41) is 0. The van der Waals surface area contributed by atoms with Crippen molar-refractivity contribution in [3.8, 4) is 0 Å². The van der Waals surface area contributed by atoms with Crippen LogP contribution >= 0.6 is 0 Å². The molecule has 1 aromatic carbocycles. The number of aryl methyl sites for hydroxylation is 2. The van der Waals surface area contributed by atoms with Gasteiger partial charge in [0.1, 0.15) is 0 Å². The third-order valence-corrected chi connectivity index (χ3v) is 5.97. The Balaban J connectivity index is 2.13. The first-order valence-corrected chi connectivity index (χ1v) is 13.1. The second kappa shape index (κ2) is 16.7. The van der Waals surface area contributed by atoms with Gasteiger partial charge in [0.2, 0.25) is 0 Å². The van der Waals surface area contributed by atoms with E-state index in [9.17, 15) is 13.0 Å². The van der Waals surface area contributed by atoms with Crippen molar-refractivity contribution < 1.29 is 13.0 Å². The molecule has 0 bridgehead atoms. The predicted molar refractivity (Wildman–Crippen MR) is 133 cm³/mol. The molecule has 0 radical (unpaired) electrons. The van der Waals surface area contributed by atoms with E-state index in [4.69, 9.17) is 0 Å². The minimum absolute atomic E-state index is 0.0378. The summed E-state index contributed by atoms with van der Waals surface area (Å²) in [4.78, 5) is 0.0378. The summed E-state index contributed by atoms with van der Waals surface area (Å²) in [6.07, 6.45) is 29.3. The van der Waals surface area contributed by atoms with Gasteiger partial charge >= 0.3 is 0 Å². The summed E-state index contributed by atoms with van der Waals surface area (Å²) in [6.45, 7) is 4.16. The zero-order valence-corrected chi connectivity index (χ0v) is 20.1. The molecule has 31 heavy (non-hydrogen) atoms. The van der Waals surface area contributed by atoms with Crippen LogP contribution in [0, 0.1) is 6.92 Å². The van der Waals surface area contributed by atoms with Gasteiger partial charge in [-0.3, -0.25) is 4.55 Å². The second-order valence-electron chi connectivity index (χ2n) is 7.92. The Bertz CT molecular complexity index is 830. The summed E-state index contributed by atoms with van der Waals surface area (Å²) in [5.74, 6) is 0. The van der Waals surface area contributed by atoms with Crippen molar-refractivity contribution in [3.05, 3.63) is 77.9 Å². The molecule has 0 amide bonds. The Labute approximate surface area is 190 Å². The summed E-state index contributed by atoms with van der Waals surface area (Å²) < 4.78 is 32.3. The van der Waals surface area contributed by atoms with Crippen molar-refractivity contribution in [1.82, 2.24) is 0 Å². The SMILES string of the molecule is CCCCC/C=C\C/C=C\C/C=C\C/C=C\CCCCc1cc(C)ccc1S(=O)(=O)O. The minimum Gasteiger partial charge on any atom is -0.282 e. The summed E-state index contributed by atoms with van der Waals surface area (Å²) in [6, 6.07) is 5.06. The Morgan fingerprint density at radius 3 is 1.81 bits per heavy atom. The molecule has 0 aliphatic heterocycles. The van der Waals surface area contributed by atoms with Crippen LogP contribution in [0.4, 0.5) is 0 Å². The molecular formula is C27H40O3S. The summed E-state index contributed by atoms with van der Waals surface area (Å²) in [5.41, 5.74) is 1.71. The Morgan fingerprint density at radius 2 is 1.29 bits per heavy atom. The first-order valence-electron chi connectivity index (χ1n) is 11.6. The molecule has 1 rings (SSSR count). The summed E-state index contributed by atoms with van der Waals surface area (Å²) >= 11 is 0. The quantitative estimate of drug-likeness (QED) is 0.160. The van der Waals surface area contributed by atoms with E-state index in [1.165, 1.54) is 31.7 Å². The van der Waals surface area contributed by atoms with Crippen LogP contribution in [0.25, 0.3) is 0 Å². The van der Waals surface area contributed by atoms with E-state index in [0.29, 0.717) is 12.0 Å². The number of rotatable bonds is 16. The van der Waals surface area contributed by atoms with E-state index in [-0.39, 0.29) is 4.90 Å². The van der Waals surface area contributed by atoms with Crippen molar-refractivity contribution in [2.24, 2.45) is 0 Å². The molecule has 0 spiro atoms. The Hall–Kier alpha value is -1.91. The molecule has 0 aromatic heterocycles. The first-order chi connectivity index (χ1) is 14.9. The molecule has 0 unspecified atom stereocenters. The van der Waals surface area contributed by atoms with Gasteiger partial charge in [0.15, 0.2) is 0 Å². The Morgan fingerprint density at radius 1 is 0.774 bits per heavy atom. The van der Waals surface area contributed by atoms with Crippen LogP contribution in [0.1, 0.15) is 82.3 Å². The van der Waals surface area contributed by atoms with Gasteiger partial charge in [0.05, 0.1) is 4.90 Å². The van der Waals surface area contributed by atoms with Crippen LogP contribution < -0.4 is 0 Å². The zero-order chi connectivity index (χ0) is 22.8. The molecule has 0 heterocycles. The topological polar surface area (TPSA) is 54.4 Å². The molecule has 3 nitrogen and oxygen atoms in total. The van der Waals surface area contributed by atoms with E-state index >= 15 is 0 Å². The molecule has 1 aromatic rings. The minimum atomic E-state index is -4.15. The van der Waals surface area contributed by atoms with E-state index in [1.54, 1.807) is 6.07 Å². The molecule has 0 saturated carbocycles. The van der Waals surface area contributed by atoms with Gasteiger partial charge in [0, 0.05) is 0 Å². The lowest BCUT2D eigenvalue weighted by Crippen LogP contribution is -2.03. The molecule has 0 saturated heterocycles. The lowest BCUT2D eigenvalue weighted by molar-refractivity contribution is 0.481. The van der Waals surface area contributed by atoms with Crippen LogP contribution in [0.5, 0.6) is 0 Å². The van der Waals surface area contributed by atoms with Crippen molar-refractivity contribution in [3.63, 3.8) is 0 Å². The van der Waals surface area contributed by atoms with Gasteiger partial charge in [-0.2, -0.15) is 8.42 Å². The van der Waals surface area contributed by atoms with Gasteiger partial charge in [-0.15, -0.1) is 0 Å². The second-order valence-corrected chi connectivity index (χ2v) is 9.31. The number of hydrogen-bond acceptors (Lipinski definition) is 2. The molecule has 0 fully saturated rings. The van der Waals surface area contributed by atoms with Crippen LogP contribution in [-0.4, -0.2) is 13.0 Å². The number of unbranched alkanes of at least 4 members (excludes halogenated alkanes) is 5. The van der Waals surface area contributed by atoms with Crippen LogP contribution in [0.15, 0.2) is 71.7 Å². The van der Waals surface area contributed by atoms with Gasteiger partial charge in [-0.1, -0.05) is 86.1 Å². The molecule has 172 valence electrons. The van der Waals surface area contributed by atoms with E-state index in [1.807, 2.05) is 13.0 Å². The van der Waals surface area contributed by atoms with Crippen LogP contribution in [0.3, 0.4) is 0 Å². The van der Waals surface area contributed by atoms with Crippen molar-refractivity contribution in [1.29, 1.82) is 0 Å². The highest BCUT2D eigenvalue weighted by molar-refractivity contribution is 7.85. The van der Waals surface area contributed by atoms with Crippen molar-refractivity contribution in [2.45, 2.75) is 89.4 Å². The van der Waals surface area contributed by atoms with Crippen LogP contribution in [0.2, 0.25) is 0 Å². The molecular weight excluding hydrogens is 404 g/mol. The fourth-order valence-corrected chi connectivity index (χ4v) is 4.03. The lowest BCUT2D eigenvalue weighted by Gasteiger charge is -2.08. The van der Waals surface area contributed by atoms with Gasteiger partial charge in [-0.05, 0) is 76.3 Å². The van der Waals surface area contributed by atoms with Gasteiger partial charge in [-0.25, -0.2) is 0 Å². The van der Waals surface area contributed by atoms with Gasteiger partial charge < -0.3 is 0 Å². The zero-order valence-electron chi connectivity index (χ0n) is 19.3. The first kappa shape index (κ1) is 27.1. The fraction of sp³-hybridized carbons (Fsp3) is 0.481. The molecule has 1 N–H and O–H groups in total. The summed E-state index contributed by atoms with van der Waals surface area (Å²) in [7, 11) is -4.15. The highest BCUT2D eigenvalue weighted by atomic mass is 32.2. The smallest absolute Gasteiger partial charge is 0.282 e. The lowest BCUT2D eigenvalue weighted by atomic mass is 10.0. The van der Waals surface area contributed by atoms with Crippen molar-refractivity contribution >= 4 is 10.1 Å².